The van der Waals surface area contributed by atoms with Gasteiger partial charge in [-0.25, -0.2) is 0 Å². The van der Waals surface area contributed by atoms with Crippen LogP contribution in [0.2, 0.25) is 0 Å². The molecule has 0 unspecified atom stereocenters. The molecule has 0 saturated carbocycles. The summed E-state index contributed by atoms with van der Waals surface area (Å²) < 4.78 is 3.29. The van der Waals surface area contributed by atoms with Crippen LogP contribution in [0.1, 0.15) is 17.3 Å². The molecular formula is C24H18N2OS. The second kappa shape index (κ2) is 6.73. The average molecular weight is 382 g/mol. The Hall–Kier alpha value is -3.24. The molecule has 1 amide bonds. The molecule has 0 saturated heterocycles. The Labute approximate surface area is 166 Å². The number of aryl methyl sites for hydroxylation is 1. The quantitative estimate of drug-likeness (QED) is 0.382. The van der Waals surface area contributed by atoms with Crippen molar-refractivity contribution >= 4 is 49.0 Å². The molecule has 0 aliphatic carbocycles. The zero-order chi connectivity index (χ0) is 19.1. The lowest BCUT2D eigenvalue weighted by Crippen LogP contribution is -2.15. The lowest BCUT2D eigenvalue weighted by molar-refractivity contribution is 0.0998. The number of carbonyl (C=O) groups is 1. The summed E-state index contributed by atoms with van der Waals surface area (Å²) in [4.78, 5) is 18.1. The fraction of sp³-hybridized carbons (Fsp3) is 0.0833. The summed E-state index contributed by atoms with van der Waals surface area (Å²) in [6, 6.07) is 26.4. The van der Waals surface area contributed by atoms with Crippen LogP contribution in [-0.2, 0) is 6.54 Å². The topological polar surface area (TPSA) is 34.4 Å². The van der Waals surface area contributed by atoms with E-state index in [4.69, 9.17) is 0 Å². The number of nitrogens with zero attached hydrogens (tertiary/aromatic N) is 2. The van der Waals surface area contributed by atoms with Gasteiger partial charge in [-0.1, -0.05) is 72.0 Å². The van der Waals surface area contributed by atoms with E-state index in [0.29, 0.717) is 5.56 Å². The van der Waals surface area contributed by atoms with Gasteiger partial charge in [0.1, 0.15) is 0 Å². The molecule has 5 aromatic rings. The van der Waals surface area contributed by atoms with Crippen LogP contribution in [0.5, 0.6) is 0 Å². The molecule has 1 heterocycles. The minimum Gasteiger partial charge on any atom is -0.317 e. The first-order valence-corrected chi connectivity index (χ1v) is 10.2. The number of thiazole rings is 1. The summed E-state index contributed by atoms with van der Waals surface area (Å²) in [7, 11) is 0. The number of fused-ring (bicyclic) bond motifs is 4. The first-order valence-electron chi connectivity index (χ1n) is 9.33. The lowest BCUT2D eigenvalue weighted by atomic mass is 10.1. The third kappa shape index (κ3) is 2.74. The van der Waals surface area contributed by atoms with E-state index in [-0.39, 0.29) is 5.91 Å². The van der Waals surface area contributed by atoms with Crippen LogP contribution in [0.15, 0.2) is 83.9 Å². The molecule has 0 aliphatic heterocycles. The lowest BCUT2D eigenvalue weighted by Gasteiger charge is -2.02. The predicted octanol–water partition coefficient (Wildman–Crippen LogP) is 5.77. The second-order valence-corrected chi connectivity index (χ2v) is 7.72. The van der Waals surface area contributed by atoms with E-state index >= 15 is 0 Å². The number of rotatable bonds is 2. The van der Waals surface area contributed by atoms with E-state index in [1.54, 1.807) is 11.3 Å². The maximum absolute atomic E-state index is 12.9. The standard InChI is InChI=1S/C24H18N2OS/c1-2-26-21-14-13-17-8-5-6-10-20(17)22(21)28-24(26)25-23(27)19-12-11-16-7-3-4-9-18(16)15-19/h3-15H,2H2,1H3. The number of benzene rings is 4. The molecular weight excluding hydrogens is 364 g/mol. The summed E-state index contributed by atoms with van der Waals surface area (Å²) in [6.07, 6.45) is 0. The molecule has 28 heavy (non-hydrogen) atoms. The first-order chi connectivity index (χ1) is 13.7. The molecule has 0 fully saturated rings. The third-order valence-electron chi connectivity index (χ3n) is 5.08. The van der Waals surface area contributed by atoms with E-state index in [9.17, 15) is 4.79 Å². The van der Waals surface area contributed by atoms with Gasteiger partial charge in [-0.3, -0.25) is 4.79 Å². The van der Waals surface area contributed by atoms with Gasteiger partial charge in [0, 0.05) is 17.5 Å². The summed E-state index contributed by atoms with van der Waals surface area (Å²) in [5.41, 5.74) is 1.74. The van der Waals surface area contributed by atoms with Crippen LogP contribution in [-0.4, -0.2) is 10.5 Å². The van der Waals surface area contributed by atoms with Gasteiger partial charge in [0.05, 0.1) is 10.2 Å². The van der Waals surface area contributed by atoms with Crippen molar-refractivity contribution in [2.75, 3.05) is 0 Å². The molecule has 0 spiro atoms. The molecule has 1 aromatic heterocycles. The highest BCUT2D eigenvalue weighted by Gasteiger charge is 2.11. The zero-order valence-electron chi connectivity index (χ0n) is 15.4. The highest BCUT2D eigenvalue weighted by molar-refractivity contribution is 7.17. The van der Waals surface area contributed by atoms with Crippen molar-refractivity contribution in [1.82, 2.24) is 4.57 Å². The summed E-state index contributed by atoms with van der Waals surface area (Å²) in [6.45, 7) is 2.85. The SMILES string of the molecule is CCn1c(=NC(=O)c2ccc3ccccc3c2)sc2c3ccccc3ccc21. The van der Waals surface area contributed by atoms with E-state index in [1.807, 2.05) is 48.5 Å². The summed E-state index contributed by atoms with van der Waals surface area (Å²) in [5.74, 6) is -0.205. The molecule has 0 bridgehead atoms. The highest BCUT2D eigenvalue weighted by atomic mass is 32.1. The van der Waals surface area contributed by atoms with Crippen molar-refractivity contribution in [3.63, 3.8) is 0 Å². The minimum absolute atomic E-state index is 0.205. The van der Waals surface area contributed by atoms with Crippen LogP contribution >= 0.6 is 11.3 Å². The third-order valence-corrected chi connectivity index (χ3v) is 6.21. The normalized spacial score (nSPS) is 12.2. The second-order valence-electron chi connectivity index (χ2n) is 6.74. The highest BCUT2D eigenvalue weighted by Crippen LogP contribution is 2.27. The molecule has 0 N–H and O–H groups in total. The van der Waals surface area contributed by atoms with Crippen LogP contribution in [0, 0.1) is 0 Å². The number of carbonyl (C=O) groups excluding carboxylic acids is 1. The Kier molecular flexibility index (Phi) is 4.06. The van der Waals surface area contributed by atoms with Gasteiger partial charge in [-0.2, -0.15) is 4.99 Å². The Bertz CT molecular complexity index is 1430. The van der Waals surface area contributed by atoms with E-state index < -0.39 is 0 Å². The van der Waals surface area contributed by atoms with Gasteiger partial charge in [-0.15, -0.1) is 0 Å². The smallest absolute Gasteiger partial charge is 0.279 e. The van der Waals surface area contributed by atoms with Gasteiger partial charge in [0.15, 0.2) is 4.80 Å². The molecule has 3 nitrogen and oxygen atoms in total. The van der Waals surface area contributed by atoms with Gasteiger partial charge in [-0.05, 0) is 41.3 Å². The van der Waals surface area contributed by atoms with Crippen molar-refractivity contribution in [1.29, 1.82) is 0 Å². The average Bonchev–Trinajstić information content (AvgIpc) is 3.10. The Balaban J connectivity index is 1.69. The fourth-order valence-electron chi connectivity index (χ4n) is 3.66. The number of amides is 1. The van der Waals surface area contributed by atoms with Crippen molar-refractivity contribution < 1.29 is 4.79 Å². The number of aromatic nitrogens is 1. The van der Waals surface area contributed by atoms with Crippen molar-refractivity contribution in [3.05, 3.63) is 89.2 Å². The predicted molar refractivity (Wildman–Crippen MR) is 117 cm³/mol. The molecule has 5 rings (SSSR count). The van der Waals surface area contributed by atoms with Gasteiger partial charge < -0.3 is 4.57 Å². The van der Waals surface area contributed by atoms with Crippen LogP contribution in [0.4, 0.5) is 0 Å². The van der Waals surface area contributed by atoms with Crippen molar-refractivity contribution in [2.24, 2.45) is 4.99 Å². The maximum atomic E-state index is 12.9. The maximum Gasteiger partial charge on any atom is 0.279 e. The zero-order valence-corrected chi connectivity index (χ0v) is 16.2. The van der Waals surface area contributed by atoms with Gasteiger partial charge in [0.2, 0.25) is 0 Å². The van der Waals surface area contributed by atoms with E-state index in [1.165, 1.54) is 15.5 Å². The van der Waals surface area contributed by atoms with Crippen LogP contribution in [0.3, 0.4) is 0 Å². The molecule has 4 heteroatoms. The van der Waals surface area contributed by atoms with Crippen molar-refractivity contribution in [3.8, 4) is 0 Å². The van der Waals surface area contributed by atoms with E-state index in [0.717, 1.165) is 27.6 Å². The summed E-state index contributed by atoms with van der Waals surface area (Å²) in [5, 5.41) is 4.57. The molecule has 0 aliphatic rings. The molecule has 0 atom stereocenters. The van der Waals surface area contributed by atoms with Gasteiger partial charge >= 0.3 is 0 Å². The van der Waals surface area contributed by atoms with Crippen LogP contribution < -0.4 is 4.80 Å². The first kappa shape index (κ1) is 16.9. The Morgan fingerprint density at radius 3 is 2.43 bits per heavy atom. The minimum atomic E-state index is -0.205. The monoisotopic (exact) mass is 382 g/mol. The summed E-state index contributed by atoms with van der Waals surface area (Å²) >= 11 is 1.58. The largest absolute Gasteiger partial charge is 0.317 e. The Morgan fingerprint density at radius 1 is 0.893 bits per heavy atom. The Morgan fingerprint density at radius 2 is 1.61 bits per heavy atom. The molecule has 136 valence electrons. The molecule has 0 radical (unpaired) electrons. The number of hydrogen-bond acceptors (Lipinski definition) is 2. The van der Waals surface area contributed by atoms with Crippen molar-refractivity contribution in [2.45, 2.75) is 13.5 Å². The van der Waals surface area contributed by atoms with Gasteiger partial charge in [0.25, 0.3) is 5.91 Å². The number of hydrogen-bond donors (Lipinski definition) is 0. The van der Waals surface area contributed by atoms with Crippen LogP contribution in [0.25, 0.3) is 31.8 Å². The molecule has 4 aromatic carbocycles. The van der Waals surface area contributed by atoms with E-state index in [2.05, 4.69) is 46.8 Å². The fourth-order valence-corrected chi connectivity index (χ4v) is 4.89.